The largest absolute Gasteiger partial charge is 0.478 e. The minimum absolute atomic E-state index is 0.0938. The van der Waals surface area contributed by atoms with Crippen LogP contribution in [0.1, 0.15) is 57.0 Å². The average molecular weight is 376 g/mol. The Morgan fingerprint density at radius 3 is 2.56 bits per heavy atom. The summed E-state index contributed by atoms with van der Waals surface area (Å²) in [6.07, 6.45) is 0.658. The Morgan fingerprint density at radius 1 is 1.26 bits per heavy atom. The molecule has 1 N–H and O–H groups in total. The Balaban J connectivity index is 2.07. The quantitative estimate of drug-likeness (QED) is 0.845. The van der Waals surface area contributed by atoms with E-state index in [1.165, 1.54) is 0 Å². The molecule has 0 spiro atoms. The summed E-state index contributed by atoms with van der Waals surface area (Å²) < 4.78 is 5.59. The predicted octanol–water partition coefficient (Wildman–Crippen LogP) is 3.85. The van der Waals surface area contributed by atoms with Gasteiger partial charge in [-0.3, -0.25) is 4.90 Å². The number of benzene rings is 1. The molecule has 0 radical (unpaired) electrons. The van der Waals surface area contributed by atoms with Gasteiger partial charge in [-0.15, -0.1) is 0 Å². The van der Waals surface area contributed by atoms with Crippen molar-refractivity contribution in [3.63, 3.8) is 0 Å². The first-order chi connectivity index (χ1) is 12.5. The van der Waals surface area contributed by atoms with E-state index < -0.39 is 11.6 Å². The Morgan fingerprint density at radius 2 is 1.96 bits per heavy atom. The first kappa shape index (κ1) is 21.2. The summed E-state index contributed by atoms with van der Waals surface area (Å²) in [4.78, 5) is 27.9. The van der Waals surface area contributed by atoms with Crippen molar-refractivity contribution in [2.24, 2.45) is 5.92 Å². The molecule has 27 heavy (non-hydrogen) atoms. The second-order valence-electron chi connectivity index (χ2n) is 8.70. The van der Waals surface area contributed by atoms with E-state index in [9.17, 15) is 14.7 Å². The van der Waals surface area contributed by atoms with Crippen LogP contribution >= 0.6 is 0 Å². The van der Waals surface area contributed by atoms with E-state index in [0.29, 0.717) is 24.6 Å². The van der Waals surface area contributed by atoms with Gasteiger partial charge in [-0.05, 0) is 50.8 Å². The molecule has 1 aliphatic rings. The van der Waals surface area contributed by atoms with Crippen LogP contribution in [-0.2, 0) is 11.3 Å². The Labute approximate surface area is 162 Å². The van der Waals surface area contributed by atoms with Crippen LogP contribution in [0.4, 0.5) is 4.79 Å². The van der Waals surface area contributed by atoms with Gasteiger partial charge in [0.1, 0.15) is 5.60 Å². The molecule has 1 aromatic rings. The van der Waals surface area contributed by atoms with Gasteiger partial charge in [-0.1, -0.05) is 26.0 Å². The lowest BCUT2D eigenvalue weighted by atomic mass is 9.99. The highest BCUT2D eigenvalue weighted by Gasteiger charge is 2.33. The molecule has 1 fully saturated rings. The molecule has 0 aromatic heterocycles. The van der Waals surface area contributed by atoms with Crippen LogP contribution in [-0.4, -0.2) is 58.2 Å². The summed E-state index contributed by atoms with van der Waals surface area (Å²) in [5.41, 5.74) is 0.774. The third-order valence-corrected chi connectivity index (χ3v) is 4.52. The maximum absolute atomic E-state index is 12.6. The molecule has 0 unspecified atom stereocenters. The molecule has 6 nitrogen and oxygen atoms in total. The normalized spacial score (nSPS) is 18.6. The van der Waals surface area contributed by atoms with Gasteiger partial charge in [0.05, 0.1) is 5.56 Å². The van der Waals surface area contributed by atoms with E-state index in [-0.39, 0.29) is 12.1 Å². The number of carboxylic acids is 1. The molecule has 1 saturated heterocycles. The number of carbonyl (C=O) groups is 2. The molecule has 0 saturated carbocycles. The number of carboxylic acid groups (broad SMARTS) is 1. The van der Waals surface area contributed by atoms with Gasteiger partial charge in [-0.25, -0.2) is 9.59 Å². The van der Waals surface area contributed by atoms with Crippen molar-refractivity contribution in [1.29, 1.82) is 0 Å². The standard InChI is InChI=1S/C21H32N2O4/c1-15(2)11-18-14-22(9-10-23(18)20(26)27-21(3,4)5)13-16-7-6-8-17(12-16)19(24)25/h6-8,12,15,18H,9-11,13-14H2,1-5H3,(H,24,25)/t18-/m1/s1. The number of rotatable bonds is 5. The fourth-order valence-electron chi connectivity index (χ4n) is 3.43. The van der Waals surface area contributed by atoms with Crippen molar-refractivity contribution in [3.05, 3.63) is 35.4 Å². The first-order valence-electron chi connectivity index (χ1n) is 9.59. The van der Waals surface area contributed by atoms with Gasteiger partial charge in [0.15, 0.2) is 0 Å². The topological polar surface area (TPSA) is 70.1 Å². The van der Waals surface area contributed by atoms with Crippen molar-refractivity contribution in [2.45, 2.75) is 59.2 Å². The smallest absolute Gasteiger partial charge is 0.410 e. The minimum atomic E-state index is -0.913. The summed E-state index contributed by atoms with van der Waals surface area (Å²) in [6, 6.07) is 7.15. The fourth-order valence-corrected chi connectivity index (χ4v) is 3.43. The van der Waals surface area contributed by atoms with E-state index >= 15 is 0 Å². The number of amides is 1. The number of aromatic carboxylic acids is 1. The highest BCUT2D eigenvalue weighted by atomic mass is 16.6. The molecular weight excluding hydrogens is 344 g/mol. The fraction of sp³-hybridized carbons (Fsp3) is 0.619. The lowest BCUT2D eigenvalue weighted by molar-refractivity contribution is -0.00567. The molecule has 1 amide bonds. The van der Waals surface area contributed by atoms with Crippen LogP contribution in [0.3, 0.4) is 0 Å². The summed E-state index contributed by atoms with van der Waals surface area (Å²) in [7, 11) is 0. The minimum Gasteiger partial charge on any atom is -0.478 e. The Hall–Kier alpha value is -2.08. The van der Waals surface area contributed by atoms with Gasteiger partial charge < -0.3 is 14.7 Å². The van der Waals surface area contributed by atoms with Gasteiger partial charge in [0, 0.05) is 32.2 Å². The van der Waals surface area contributed by atoms with Gasteiger partial charge in [0.25, 0.3) is 0 Å². The maximum Gasteiger partial charge on any atom is 0.410 e. The van der Waals surface area contributed by atoms with Crippen LogP contribution in [0.15, 0.2) is 24.3 Å². The molecule has 1 atom stereocenters. The molecule has 1 aliphatic heterocycles. The monoisotopic (exact) mass is 376 g/mol. The number of hydrogen-bond donors (Lipinski definition) is 1. The van der Waals surface area contributed by atoms with Gasteiger partial charge >= 0.3 is 12.1 Å². The molecule has 0 bridgehead atoms. The molecular formula is C21H32N2O4. The summed E-state index contributed by atoms with van der Waals surface area (Å²) in [5.74, 6) is -0.445. The Bertz CT molecular complexity index is 666. The van der Waals surface area contributed by atoms with E-state index in [4.69, 9.17) is 4.74 Å². The molecule has 150 valence electrons. The molecule has 1 heterocycles. The second kappa shape index (κ2) is 8.74. The molecule has 6 heteroatoms. The van der Waals surface area contributed by atoms with Crippen LogP contribution in [0, 0.1) is 5.92 Å². The van der Waals surface area contributed by atoms with Crippen LogP contribution in [0.5, 0.6) is 0 Å². The molecule has 0 aliphatic carbocycles. The van der Waals surface area contributed by atoms with E-state index in [1.807, 2.05) is 31.7 Å². The number of carbonyl (C=O) groups excluding carboxylic acids is 1. The second-order valence-corrected chi connectivity index (χ2v) is 8.70. The summed E-state index contributed by atoms with van der Waals surface area (Å²) in [6.45, 7) is 12.8. The third-order valence-electron chi connectivity index (χ3n) is 4.52. The van der Waals surface area contributed by atoms with Crippen molar-refractivity contribution in [2.75, 3.05) is 19.6 Å². The zero-order chi connectivity index (χ0) is 20.2. The van der Waals surface area contributed by atoms with Crippen molar-refractivity contribution >= 4 is 12.1 Å². The molecule has 2 rings (SSSR count). The van der Waals surface area contributed by atoms with Gasteiger partial charge in [0.2, 0.25) is 0 Å². The highest BCUT2D eigenvalue weighted by molar-refractivity contribution is 5.87. The lowest BCUT2D eigenvalue weighted by Crippen LogP contribution is -2.56. The number of nitrogens with zero attached hydrogens (tertiary/aromatic N) is 2. The SMILES string of the molecule is CC(C)C[C@@H]1CN(Cc2cccc(C(=O)O)c2)CCN1C(=O)OC(C)(C)C. The van der Waals surface area contributed by atoms with Crippen LogP contribution in [0.25, 0.3) is 0 Å². The highest BCUT2D eigenvalue weighted by Crippen LogP contribution is 2.22. The lowest BCUT2D eigenvalue weighted by Gasteiger charge is -2.42. The zero-order valence-corrected chi connectivity index (χ0v) is 17.1. The maximum atomic E-state index is 12.6. The van der Waals surface area contributed by atoms with Crippen molar-refractivity contribution in [3.8, 4) is 0 Å². The van der Waals surface area contributed by atoms with Gasteiger partial charge in [-0.2, -0.15) is 0 Å². The summed E-state index contributed by atoms with van der Waals surface area (Å²) in [5, 5.41) is 9.17. The van der Waals surface area contributed by atoms with Crippen molar-refractivity contribution < 1.29 is 19.4 Å². The summed E-state index contributed by atoms with van der Waals surface area (Å²) >= 11 is 0. The zero-order valence-electron chi connectivity index (χ0n) is 17.1. The van der Waals surface area contributed by atoms with Crippen LogP contribution in [0.2, 0.25) is 0 Å². The number of piperazine rings is 1. The van der Waals surface area contributed by atoms with E-state index in [1.54, 1.807) is 18.2 Å². The van der Waals surface area contributed by atoms with Crippen molar-refractivity contribution in [1.82, 2.24) is 9.80 Å². The number of hydrogen-bond acceptors (Lipinski definition) is 4. The third kappa shape index (κ3) is 6.54. The molecule has 1 aromatic carbocycles. The number of ether oxygens (including phenoxy) is 1. The van der Waals surface area contributed by atoms with E-state index in [2.05, 4.69) is 18.7 Å². The average Bonchev–Trinajstić information content (AvgIpc) is 2.53. The first-order valence-corrected chi connectivity index (χ1v) is 9.59. The Kier molecular flexibility index (Phi) is 6.87. The van der Waals surface area contributed by atoms with E-state index in [0.717, 1.165) is 25.1 Å². The van der Waals surface area contributed by atoms with Crippen LogP contribution < -0.4 is 0 Å². The predicted molar refractivity (Wildman–Crippen MR) is 105 cm³/mol.